The summed E-state index contributed by atoms with van der Waals surface area (Å²) in [6.45, 7) is 3.05. The van der Waals surface area contributed by atoms with Crippen LogP contribution in [-0.2, 0) is 0 Å². The summed E-state index contributed by atoms with van der Waals surface area (Å²) in [6, 6.07) is 0.337. The van der Waals surface area contributed by atoms with Gasteiger partial charge in [-0.2, -0.15) is 0 Å². The molecule has 27 heavy (non-hydrogen) atoms. The summed E-state index contributed by atoms with van der Waals surface area (Å²) in [4.78, 5) is 26.4. The van der Waals surface area contributed by atoms with Crippen molar-refractivity contribution in [2.45, 2.75) is 83.1 Å². The fourth-order valence-electron chi connectivity index (χ4n) is 5.04. The number of nitrogens with zero attached hydrogens (tertiary/aromatic N) is 1. The van der Waals surface area contributed by atoms with E-state index in [0.717, 1.165) is 38.3 Å². The van der Waals surface area contributed by atoms with Crippen LogP contribution in [0.5, 0.6) is 0 Å². The number of carbonyl (C=O) groups is 2. The molecule has 0 bridgehead atoms. The van der Waals surface area contributed by atoms with Gasteiger partial charge < -0.3 is 20.9 Å². The van der Waals surface area contributed by atoms with Crippen LogP contribution in [0.4, 0.5) is 9.59 Å². The fraction of sp³-hybridized carbons (Fsp3) is 0.905. The van der Waals surface area contributed by atoms with Crippen LogP contribution in [0.2, 0.25) is 0 Å². The highest BCUT2D eigenvalue weighted by molar-refractivity contribution is 5.74. The summed E-state index contributed by atoms with van der Waals surface area (Å²) >= 11 is 0. The predicted octanol–water partition coefficient (Wildman–Crippen LogP) is 3.62. The van der Waals surface area contributed by atoms with Gasteiger partial charge in [-0.3, -0.25) is 0 Å². The minimum absolute atomic E-state index is 0.0624. The zero-order chi connectivity index (χ0) is 18.9. The van der Waals surface area contributed by atoms with E-state index in [4.69, 9.17) is 0 Å². The van der Waals surface area contributed by atoms with Crippen molar-refractivity contribution >= 4 is 12.1 Å². The summed E-state index contributed by atoms with van der Waals surface area (Å²) < 4.78 is 0. The van der Waals surface area contributed by atoms with Crippen LogP contribution in [-0.4, -0.2) is 49.2 Å². The van der Waals surface area contributed by atoms with Gasteiger partial charge in [0.05, 0.1) is 0 Å². The van der Waals surface area contributed by atoms with E-state index >= 15 is 0 Å². The minimum Gasteiger partial charge on any atom is -0.338 e. The van der Waals surface area contributed by atoms with Gasteiger partial charge in [0.25, 0.3) is 0 Å². The number of amides is 4. The molecular weight excluding hydrogens is 340 g/mol. The lowest BCUT2D eigenvalue weighted by Gasteiger charge is -2.41. The fourth-order valence-corrected chi connectivity index (χ4v) is 5.04. The normalized spacial score (nSPS) is 26.6. The Kier molecular flexibility index (Phi) is 8.09. The lowest BCUT2D eigenvalue weighted by atomic mass is 9.75. The molecule has 0 radical (unpaired) electrons. The molecule has 154 valence electrons. The van der Waals surface area contributed by atoms with Crippen LogP contribution in [0.25, 0.3) is 0 Å². The van der Waals surface area contributed by atoms with Crippen LogP contribution in [0.3, 0.4) is 0 Å². The van der Waals surface area contributed by atoms with Crippen molar-refractivity contribution in [3.8, 4) is 0 Å². The van der Waals surface area contributed by atoms with Gasteiger partial charge >= 0.3 is 12.1 Å². The first kappa shape index (κ1) is 20.3. The van der Waals surface area contributed by atoms with Gasteiger partial charge in [-0.05, 0) is 43.9 Å². The maximum absolute atomic E-state index is 12.4. The zero-order valence-corrected chi connectivity index (χ0v) is 16.8. The largest absolute Gasteiger partial charge is 0.338 e. The first-order valence-electron chi connectivity index (χ1n) is 11.3. The average Bonchev–Trinajstić information content (AvgIpc) is 2.95. The molecular formula is C21H38N4O2. The summed E-state index contributed by atoms with van der Waals surface area (Å²) in [6.07, 6.45) is 14.5. The molecule has 0 aromatic heterocycles. The van der Waals surface area contributed by atoms with Crippen LogP contribution in [0.15, 0.2) is 0 Å². The molecule has 6 heteroatoms. The van der Waals surface area contributed by atoms with Crippen LogP contribution in [0, 0.1) is 11.8 Å². The molecule has 0 aromatic carbocycles. The molecule has 1 aliphatic heterocycles. The van der Waals surface area contributed by atoms with Gasteiger partial charge in [-0.25, -0.2) is 9.59 Å². The van der Waals surface area contributed by atoms with Crippen molar-refractivity contribution in [3.63, 3.8) is 0 Å². The lowest BCUT2D eigenvalue weighted by molar-refractivity contribution is 0.102. The van der Waals surface area contributed by atoms with Gasteiger partial charge in [-0.15, -0.1) is 0 Å². The number of hydrogen-bond acceptors (Lipinski definition) is 2. The standard InChI is InChI=1S/C21H38N4O2/c26-20(24-19-10-3-1-2-4-11-19)22-13-7-14-23-21(27)25-15-12-17-8-5-6-9-18(17)16-25/h17-19H,1-16H2,(H,23,27)(H2,22,24,26). The van der Waals surface area contributed by atoms with E-state index in [1.807, 2.05) is 4.90 Å². The summed E-state index contributed by atoms with van der Waals surface area (Å²) in [5.74, 6) is 1.56. The molecule has 0 aromatic rings. The van der Waals surface area contributed by atoms with Gasteiger partial charge in [0, 0.05) is 32.2 Å². The Morgan fingerprint density at radius 2 is 1.44 bits per heavy atom. The number of nitrogens with one attached hydrogen (secondary N) is 3. The highest BCUT2D eigenvalue weighted by Gasteiger charge is 2.32. The molecule has 3 aliphatic rings. The van der Waals surface area contributed by atoms with E-state index in [1.54, 1.807) is 0 Å². The number of carbonyl (C=O) groups excluding carboxylic acids is 2. The Morgan fingerprint density at radius 1 is 0.778 bits per heavy atom. The summed E-state index contributed by atoms with van der Waals surface area (Å²) in [5.41, 5.74) is 0. The number of hydrogen-bond donors (Lipinski definition) is 3. The van der Waals surface area contributed by atoms with Crippen molar-refractivity contribution in [2.24, 2.45) is 11.8 Å². The number of piperidine rings is 1. The number of urea groups is 2. The Balaban J connectivity index is 1.24. The van der Waals surface area contributed by atoms with Crippen molar-refractivity contribution in [1.82, 2.24) is 20.9 Å². The highest BCUT2D eigenvalue weighted by Crippen LogP contribution is 2.35. The van der Waals surface area contributed by atoms with E-state index in [-0.39, 0.29) is 12.1 Å². The molecule has 3 N–H and O–H groups in total. The van der Waals surface area contributed by atoms with Gasteiger partial charge in [0.2, 0.25) is 0 Å². The predicted molar refractivity (Wildman–Crippen MR) is 108 cm³/mol. The van der Waals surface area contributed by atoms with Gasteiger partial charge in [0.1, 0.15) is 0 Å². The third kappa shape index (κ3) is 6.58. The molecule has 4 amide bonds. The lowest BCUT2D eigenvalue weighted by Crippen LogP contribution is -2.49. The summed E-state index contributed by atoms with van der Waals surface area (Å²) in [7, 11) is 0. The van der Waals surface area contributed by atoms with Crippen molar-refractivity contribution < 1.29 is 9.59 Å². The van der Waals surface area contributed by atoms with E-state index in [2.05, 4.69) is 16.0 Å². The maximum Gasteiger partial charge on any atom is 0.317 e. The van der Waals surface area contributed by atoms with E-state index in [9.17, 15) is 9.59 Å². The molecule has 1 saturated heterocycles. The van der Waals surface area contributed by atoms with Crippen LogP contribution >= 0.6 is 0 Å². The van der Waals surface area contributed by atoms with E-state index in [1.165, 1.54) is 57.8 Å². The minimum atomic E-state index is -0.0624. The number of rotatable bonds is 5. The van der Waals surface area contributed by atoms with Crippen molar-refractivity contribution in [1.29, 1.82) is 0 Å². The second kappa shape index (κ2) is 10.8. The highest BCUT2D eigenvalue weighted by atomic mass is 16.2. The molecule has 1 heterocycles. The van der Waals surface area contributed by atoms with Gasteiger partial charge in [0.15, 0.2) is 0 Å². The number of likely N-dealkylation sites (tertiary alicyclic amines) is 1. The molecule has 6 nitrogen and oxygen atoms in total. The first-order chi connectivity index (χ1) is 13.2. The topological polar surface area (TPSA) is 73.5 Å². The Hall–Kier alpha value is -1.46. The van der Waals surface area contributed by atoms with Gasteiger partial charge in [-0.1, -0.05) is 44.9 Å². The second-order valence-electron chi connectivity index (χ2n) is 8.71. The zero-order valence-electron chi connectivity index (χ0n) is 16.8. The molecule has 3 fully saturated rings. The third-order valence-electron chi connectivity index (χ3n) is 6.68. The monoisotopic (exact) mass is 378 g/mol. The molecule has 2 unspecified atom stereocenters. The average molecular weight is 379 g/mol. The maximum atomic E-state index is 12.4. The van der Waals surface area contributed by atoms with Crippen molar-refractivity contribution in [2.75, 3.05) is 26.2 Å². The first-order valence-corrected chi connectivity index (χ1v) is 11.3. The molecule has 2 aliphatic carbocycles. The second-order valence-corrected chi connectivity index (χ2v) is 8.71. The van der Waals surface area contributed by atoms with Crippen LogP contribution < -0.4 is 16.0 Å². The van der Waals surface area contributed by atoms with E-state index < -0.39 is 0 Å². The Labute approximate surface area is 164 Å². The Bertz CT molecular complexity index is 477. The van der Waals surface area contributed by atoms with Crippen LogP contribution in [0.1, 0.15) is 77.0 Å². The SMILES string of the molecule is O=C(NCCCNC(=O)N1CCC2CCCCC2C1)NC1CCCCCC1. The smallest absolute Gasteiger partial charge is 0.317 e. The molecule has 0 spiro atoms. The molecule has 2 saturated carbocycles. The Morgan fingerprint density at radius 3 is 2.22 bits per heavy atom. The van der Waals surface area contributed by atoms with Crippen molar-refractivity contribution in [3.05, 3.63) is 0 Å². The quantitative estimate of drug-likeness (QED) is 0.505. The third-order valence-corrected chi connectivity index (χ3v) is 6.68. The van der Waals surface area contributed by atoms with E-state index in [0.29, 0.717) is 25.0 Å². The summed E-state index contributed by atoms with van der Waals surface area (Å²) in [5, 5.41) is 9.04. The number of fused-ring (bicyclic) bond motifs is 1. The molecule has 3 rings (SSSR count). The molecule has 2 atom stereocenters.